The molecule has 114 valence electrons. The van der Waals surface area contributed by atoms with Crippen LogP contribution in [0.4, 0.5) is 5.95 Å². The lowest BCUT2D eigenvalue weighted by Gasteiger charge is -2.07. The lowest BCUT2D eigenvalue weighted by molar-refractivity contribution is -0.123. The maximum Gasteiger partial charge on any atom is 0.341 e. The number of carbonyl (C=O) groups is 3. The van der Waals surface area contributed by atoms with E-state index < -0.39 is 5.97 Å². The number of nitrogens with one attached hydrogen (secondary N) is 1. The van der Waals surface area contributed by atoms with E-state index in [4.69, 9.17) is 14.6 Å². The van der Waals surface area contributed by atoms with Crippen LogP contribution < -0.4 is 5.32 Å². The third kappa shape index (κ3) is 5.15. The molecule has 1 aromatic rings. The van der Waals surface area contributed by atoms with Crippen LogP contribution in [0.15, 0.2) is 12.4 Å². The summed E-state index contributed by atoms with van der Waals surface area (Å²) in [5.74, 6) is -0.677. The van der Waals surface area contributed by atoms with Gasteiger partial charge >= 0.3 is 5.97 Å². The Hall–Kier alpha value is -2.55. The first-order valence-electron chi connectivity index (χ1n) is 5.99. The summed E-state index contributed by atoms with van der Waals surface area (Å²) in [6, 6.07) is 0. The van der Waals surface area contributed by atoms with Gasteiger partial charge < -0.3 is 14.6 Å². The number of hydrogen-bond donors (Lipinski definition) is 2. The number of anilines is 1. The largest absolute Gasteiger partial charge is 0.483 e. The van der Waals surface area contributed by atoms with Gasteiger partial charge in [0, 0.05) is 19.0 Å². The number of amides is 1. The van der Waals surface area contributed by atoms with Crippen molar-refractivity contribution in [3.8, 4) is 0 Å². The number of rotatable bonds is 3. The molecule has 1 amide bonds. The SMILES string of the molecule is COC(=O)c1cnc(NC(=O)C2CCOC2)nc1.O=CO. The smallest absolute Gasteiger partial charge is 0.341 e. The van der Waals surface area contributed by atoms with Gasteiger partial charge in [-0.15, -0.1) is 0 Å². The van der Waals surface area contributed by atoms with Crippen molar-refractivity contribution in [2.45, 2.75) is 6.42 Å². The minimum absolute atomic E-state index is 0.158. The molecule has 1 unspecified atom stereocenters. The molecule has 9 heteroatoms. The number of esters is 1. The quantitative estimate of drug-likeness (QED) is 0.586. The van der Waals surface area contributed by atoms with Gasteiger partial charge in [0.2, 0.25) is 11.9 Å². The molecule has 0 spiro atoms. The summed E-state index contributed by atoms with van der Waals surface area (Å²) in [5, 5.41) is 9.46. The number of nitrogens with zero attached hydrogens (tertiary/aromatic N) is 2. The first kappa shape index (κ1) is 16.5. The Labute approximate surface area is 120 Å². The van der Waals surface area contributed by atoms with E-state index in [0.717, 1.165) is 0 Å². The zero-order chi connectivity index (χ0) is 15.7. The van der Waals surface area contributed by atoms with Crippen LogP contribution in [-0.2, 0) is 19.1 Å². The van der Waals surface area contributed by atoms with Crippen LogP contribution in [0.3, 0.4) is 0 Å². The summed E-state index contributed by atoms with van der Waals surface area (Å²) in [6.45, 7) is 0.770. The van der Waals surface area contributed by atoms with Gasteiger partial charge in [-0.1, -0.05) is 0 Å². The van der Waals surface area contributed by atoms with E-state index in [1.807, 2.05) is 0 Å². The van der Waals surface area contributed by atoms with Gasteiger partial charge in [0.25, 0.3) is 6.47 Å². The average molecular weight is 297 g/mol. The van der Waals surface area contributed by atoms with Crippen molar-refractivity contribution in [3.05, 3.63) is 18.0 Å². The highest BCUT2D eigenvalue weighted by molar-refractivity contribution is 5.92. The summed E-state index contributed by atoms with van der Waals surface area (Å²) < 4.78 is 9.63. The Kier molecular flexibility index (Phi) is 6.75. The molecule has 1 fully saturated rings. The summed E-state index contributed by atoms with van der Waals surface area (Å²) in [5.41, 5.74) is 0.236. The van der Waals surface area contributed by atoms with E-state index in [0.29, 0.717) is 19.6 Å². The predicted molar refractivity (Wildman–Crippen MR) is 69.6 cm³/mol. The Bertz CT molecular complexity index is 484. The molecule has 1 aliphatic rings. The van der Waals surface area contributed by atoms with Crippen molar-refractivity contribution in [2.75, 3.05) is 25.6 Å². The normalized spacial score (nSPS) is 16.3. The molecule has 21 heavy (non-hydrogen) atoms. The van der Waals surface area contributed by atoms with Crippen molar-refractivity contribution in [1.29, 1.82) is 0 Å². The van der Waals surface area contributed by atoms with Crippen LogP contribution in [0.1, 0.15) is 16.8 Å². The zero-order valence-corrected chi connectivity index (χ0v) is 11.3. The van der Waals surface area contributed by atoms with Crippen LogP contribution >= 0.6 is 0 Å². The number of hydrogen-bond acceptors (Lipinski definition) is 7. The summed E-state index contributed by atoms with van der Waals surface area (Å²) in [7, 11) is 1.28. The highest BCUT2D eigenvalue weighted by Gasteiger charge is 2.24. The van der Waals surface area contributed by atoms with Crippen LogP contribution in [0.25, 0.3) is 0 Å². The molecule has 0 aromatic carbocycles. The summed E-state index contributed by atoms with van der Waals surface area (Å²) in [6.07, 6.45) is 3.31. The second-order valence-electron chi connectivity index (χ2n) is 3.94. The third-order valence-electron chi connectivity index (χ3n) is 2.61. The second kappa shape index (κ2) is 8.59. The lowest BCUT2D eigenvalue weighted by atomic mass is 10.1. The summed E-state index contributed by atoms with van der Waals surface area (Å²) in [4.78, 5) is 39.0. The Morgan fingerprint density at radius 2 is 2.10 bits per heavy atom. The number of ether oxygens (including phenoxy) is 2. The van der Waals surface area contributed by atoms with Gasteiger partial charge in [-0.05, 0) is 6.42 Å². The third-order valence-corrected chi connectivity index (χ3v) is 2.61. The molecule has 0 radical (unpaired) electrons. The monoisotopic (exact) mass is 297 g/mol. The molecule has 1 aliphatic heterocycles. The van der Waals surface area contributed by atoms with Crippen LogP contribution in [0.5, 0.6) is 0 Å². The number of aromatic nitrogens is 2. The van der Waals surface area contributed by atoms with Crippen LogP contribution in [0, 0.1) is 5.92 Å². The molecule has 1 atom stereocenters. The molecule has 0 saturated carbocycles. The molecule has 2 heterocycles. The van der Waals surface area contributed by atoms with E-state index in [1.165, 1.54) is 19.5 Å². The number of carbonyl (C=O) groups excluding carboxylic acids is 2. The molecular weight excluding hydrogens is 282 g/mol. The number of methoxy groups -OCH3 is 1. The van der Waals surface area contributed by atoms with Crippen LogP contribution in [-0.4, -0.2) is 53.7 Å². The minimum Gasteiger partial charge on any atom is -0.483 e. The molecule has 0 aliphatic carbocycles. The maximum absolute atomic E-state index is 11.7. The van der Waals surface area contributed by atoms with Gasteiger partial charge in [-0.25, -0.2) is 14.8 Å². The van der Waals surface area contributed by atoms with Crippen molar-refractivity contribution < 1.29 is 29.0 Å². The maximum atomic E-state index is 11.7. The van der Waals surface area contributed by atoms with E-state index in [9.17, 15) is 9.59 Å². The van der Waals surface area contributed by atoms with Crippen molar-refractivity contribution in [3.63, 3.8) is 0 Å². The van der Waals surface area contributed by atoms with E-state index in [2.05, 4.69) is 20.0 Å². The topological polar surface area (TPSA) is 128 Å². The molecule has 0 bridgehead atoms. The van der Waals surface area contributed by atoms with Crippen LogP contribution in [0.2, 0.25) is 0 Å². The van der Waals surface area contributed by atoms with Gasteiger partial charge in [-0.2, -0.15) is 0 Å². The second-order valence-corrected chi connectivity index (χ2v) is 3.94. The fraction of sp³-hybridized carbons (Fsp3) is 0.417. The van der Waals surface area contributed by atoms with Gasteiger partial charge in [0.05, 0.1) is 25.2 Å². The highest BCUT2D eigenvalue weighted by atomic mass is 16.5. The van der Waals surface area contributed by atoms with Crippen molar-refractivity contribution in [1.82, 2.24) is 9.97 Å². The molecule has 1 saturated heterocycles. The average Bonchev–Trinajstić information content (AvgIpc) is 3.02. The Morgan fingerprint density at radius 1 is 1.48 bits per heavy atom. The van der Waals surface area contributed by atoms with Gasteiger partial charge in [-0.3, -0.25) is 14.9 Å². The Morgan fingerprint density at radius 3 is 2.57 bits per heavy atom. The first-order valence-corrected chi connectivity index (χ1v) is 5.99. The van der Waals surface area contributed by atoms with Crippen molar-refractivity contribution in [2.24, 2.45) is 5.92 Å². The van der Waals surface area contributed by atoms with Gasteiger partial charge in [0.15, 0.2) is 0 Å². The van der Waals surface area contributed by atoms with E-state index in [1.54, 1.807) is 0 Å². The minimum atomic E-state index is -0.517. The standard InChI is InChI=1S/C11H13N3O4.CH2O2/c1-17-10(16)8-4-12-11(13-5-8)14-9(15)7-2-3-18-6-7;2-1-3/h4-5,7H,2-3,6H2,1H3,(H,12,13,14,15);1H,(H,2,3). The zero-order valence-electron chi connectivity index (χ0n) is 11.3. The molecule has 2 rings (SSSR count). The molecule has 9 nitrogen and oxygen atoms in total. The Balaban J connectivity index is 0.000000677. The van der Waals surface area contributed by atoms with E-state index >= 15 is 0 Å². The fourth-order valence-electron chi connectivity index (χ4n) is 1.57. The molecular formula is C12H15N3O6. The molecule has 1 aromatic heterocycles. The first-order chi connectivity index (χ1) is 10.1. The summed E-state index contributed by atoms with van der Waals surface area (Å²) >= 11 is 0. The van der Waals surface area contributed by atoms with Gasteiger partial charge in [0.1, 0.15) is 0 Å². The van der Waals surface area contributed by atoms with E-state index in [-0.39, 0.29) is 29.8 Å². The fourth-order valence-corrected chi connectivity index (χ4v) is 1.57. The highest BCUT2D eigenvalue weighted by Crippen LogP contribution is 2.14. The molecule has 2 N–H and O–H groups in total. The lowest BCUT2D eigenvalue weighted by Crippen LogP contribution is -2.24. The predicted octanol–water partition coefficient (Wildman–Crippen LogP) is -0.0610. The number of carboxylic acid groups (broad SMARTS) is 1. The van der Waals surface area contributed by atoms with Crippen molar-refractivity contribution >= 4 is 24.3 Å².